The molecule has 3 aromatic rings. The van der Waals surface area contributed by atoms with Crippen LogP contribution in [0, 0.1) is 6.92 Å². The monoisotopic (exact) mass is 368 g/mol. The number of hydrogen-bond acceptors (Lipinski definition) is 2. The van der Waals surface area contributed by atoms with E-state index >= 15 is 0 Å². The van der Waals surface area contributed by atoms with Crippen LogP contribution in [-0.2, 0) is 0 Å². The molecule has 0 saturated heterocycles. The van der Waals surface area contributed by atoms with E-state index in [0.29, 0.717) is 11.1 Å². The second-order valence-corrected chi connectivity index (χ2v) is 6.16. The summed E-state index contributed by atoms with van der Waals surface area (Å²) in [6, 6.07) is 19.7. The predicted molar refractivity (Wildman–Crippen MR) is 101 cm³/mol. The Bertz CT molecular complexity index is 933. The summed E-state index contributed by atoms with van der Waals surface area (Å²) in [6.07, 6.45) is -2.60. The van der Waals surface area contributed by atoms with Crippen molar-refractivity contribution in [3.05, 3.63) is 77.9 Å². The molecule has 0 fully saturated rings. The third-order valence-corrected chi connectivity index (χ3v) is 4.18. The van der Waals surface area contributed by atoms with Crippen LogP contribution in [0.2, 0.25) is 0 Å². The van der Waals surface area contributed by atoms with Gasteiger partial charge in [0.05, 0.1) is 5.56 Å². The van der Waals surface area contributed by atoms with E-state index in [-0.39, 0.29) is 11.3 Å². The molecular weight excluding hydrogens is 350 g/mol. The van der Waals surface area contributed by atoms with Gasteiger partial charge in [0, 0.05) is 0 Å². The van der Waals surface area contributed by atoms with Crippen molar-refractivity contribution in [2.75, 3.05) is 6.61 Å². The minimum Gasteiger partial charge on any atom is -0.488 e. The lowest BCUT2D eigenvalue weighted by atomic mass is 9.96. The largest absolute Gasteiger partial charge is 0.488 e. The summed E-state index contributed by atoms with van der Waals surface area (Å²) in [5, 5.41) is 9.43. The first-order valence-electron chi connectivity index (χ1n) is 8.40. The van der Waals surface area contributed by atoms with E-state index in [1.807, 2.05) is 55.5 Å². The first-order valence-corrected chi connectivity index (χ1v) is 8.40. The Morgan fingerprint density at radius 2 is 1.48 bits per heavy atom. The molecule has 3 nitrogen and oxygen atoms in total. The third-order valence-electron chi connectivity index (χ3n) is 4.18. The Kier molecular flexibility index (Phi) is 5.50. The number of carboxylic acids is 1. The van der Waals surface area contributed by atoms with Crippen molar-refractivity contribution in [1.82, 2.24) is 0 Å². The maximum Gasteiger partial charge on any atom is 0.336 e. The highest BCUT2D eigenvalue weighted by Crippen LogP contribution is 2.30. The molecular formula is C22H18F2O3. The van der Waals surface area contributed by atoms with Gasteiger partial charge < -0.3 is 9.84 Å². The lowest BCUT2D eigenvalue weighted by Crippen LogP contribution is -2.07. The normalized spacial score (nSPS) is 10.8. The molecule has 1 N–H and O–H groups in total. The van der Waals surface area contributed by atoms with Crippen LogP contribution in [0.25, 0.3) is 22.3 Å². The van der Waals surface area contributed by atoms with Crippen molar-refractivity contribution in [1.29, 1.82) is 0 Å². The Labute approximate surface area is 155 Å². The van der Waals surface area contributed by atoms with Crippen molar-refractivity contribution in [2.24, 2.45) is 0 Å². The van der Waals surface area contributed by atoms with Crippen LogP contribution < -0.4 is 4.74 Å². The Balaban J connectivity index is 1.94. The van der Waals surface area contributed by atoms with Crippen LogP contribution in [0.15, 0.2) is 66.7 Å². The van der Waals surface area contributed by atoms with Crippen molar-refractivity contribution in [3.8, 4) is 28.0 Å². The van der Waals surface area contributed by atoms with Gasteiger partial charge in [-0.3, -0.25) is 0 Å². The molecule has 27 heavy (non-hydrogen) atoms. The Morgan fingerprint density at radius 3 is 2.04 bits per heavy atom. The number of benzene rings is 3. The van der Waals surface area contributed by atoms with E-state index in [4.69, 9.17) is 4.74 Å². The molecule has 3 rings (SSSR count). The number of carbonyl (C=O) groups is 1. The quantitative estimate of drug-likeness (QED) is 0.610. The smallest absolute Gasteiger partial charge is 0.336 e. The zero-order valence-electron chi connectivity index (χ0n) is 14.7. The molecule has 0 aliphatic heterocycles. The number of aromatic carboxylic acids is 1. The average molecular weight is 368 g/mol. The summed E-state index contributed by atoms with van der Waals surface area (Å²) < 4.78 is 29.8. The lowest BCUT2D eigenvalue weighted by molar-refractivity contribution is 0.0696. The number of aryl methyl sites for hydroxylation is 1. The van der Waals surface area contributed by atoms with Crippen molar-refractivity contribution < 1.29 is 23.4 Å². The van der Waals surface area contributed by atoms with Gasteiger partial charge in [0.2, 0.25) is 0 Å². The molecule has 0 aliphatic carbocycles. The van der Waals surface area contributed by atoms with E-state index in [1.165, 1.54) is 23.8 Å². The van der Waals surface area contributed by atoms with Gasteiger partial charge in [0.25, 0.3) is 6.43 Å². The molecule has 0 heterocycles. The van der Waals surface area contributed by atoms with E-state index < -0.39 is 19.0 Å². The van der Waals surface area contributed by atoms with Crippen LogP contribution in [-0.4, -0.2) is 24.1 Å². The molecule has 0 bridgehead atoms. The molecule has 3 aromatic carbocycles. The molecule has 0 saturated carbocycles. The molecule has 0 aliphatic rings. The fourth-order valence-corrected chi connectivity index (χ4v) is 2.79. The fraction of sp³-hybridized carbons (Fsp3) is 0.136. The summed E-state index contributed by atoms with van der Waals surface area (Å²) in [4.78, 5) is 11.5. The third kappa shape index (κ3) is 4.50. The van der Waals surface area contributed by atoms with Crippen molar-refractivity contribution in [3.63, 3.8) is 0 Å². The van der Waals surface area contributed by atoms with Gasteiger partial charge in [0.15, 0.2) is 0 Å². The number of hydrogen-bond donors (Lipinski definition) is 1. The van der Waals surface area contributed by atoms with E-state index in [1.54, 1.807) is 0 Å². The summed E-state index contributed by atoms with van der Waals surface area (Å²) in [5.74, 6) is -0.883. The predicted octanol–water partition coefficient (Wildman–Crippen LogP) is 5.67. The number of ether oxygens (including phenoxy) is 1. The van der Waals surface area contributed by atoms with Gasteiger partial charge in [-0.1, -0.05) is 54.1 Å². The van der Waals surface area contributed by atoms with Gasteiger partial charge in [-0.25, -0.2) is 13.6 Å². The minimum absolute atomic E-state index is 0.0856. The van der Waals surface area contributed by atoms with Crippen molar-refractivity contribution >= 4 is 5.97 Å². The molecule has 0 spiro atoms. The first kappa shape index (κ1) is 18.6. The molecule has 0 unspecified atom stereocenters. The number of alkyl halides is 2. The van der Waals surface area contributed by atoms with Gasteiger partial charge in [0.1, 0.15) is 12.4 Å². The number of carboxylic acid groups (broad SMARTS) is 1. The summed E-state index contributed by atoms with van der Waals surface area (Å²) >= 11 is 0. The molecule has 0 aromatic heterocycles. The molecule has 138 valence electrons. The second-order valence-electron chi connectivity index (χ2n) is 6.16. The van der Waals surface area contributed by atoms with Crippen LogP contribution in [0.4, 0.5) is 8.78 Å². The Morgan fingerprint density at radius 1 is 0.926 bits per heavy atom. The van der Waals surface area contributed by atoms with Crippen LogP contribution in [0.3, 0.4) is 0 Å². The standard InChI is InChI=1S/C22H18F2O3/c1-14-2-4-15(5-3-14)16-6-8-17(9-7-16)20-12-18(27-13-21(23)24)10-11-19(20)22(25)26/h2-12,21H,13H2,1H3,(H,25,26). The maximum absolute atomic E-state index is 12.4. The lowest BCUT2D eigenvalue weighted by Gasteiger charge is -2.11. The van der Waals surface area contributed by atoms with Gasteiger partial charge in [-0.05, 0) is 47.4 Å². The zero-order chi connectivity index (χ0) is 19.4. The summed E-state index contributed by atoms with van der Waals surface area (Å²) in [6.45, 7) is 1.28. The fourth-order valence-electron chi connectivity index (χ4n) is 2.79. The molecule has 5 heteroatoms. The average Bonchev–Trinajstić information content (AvgIpc) is 2.67. The summed E-state index contributed by atoms with van der Waals surface area (Å²) in [7, 11) is 0. The summed E-state index contributed by atoms with van der Waals surface area (Å²) in [5.41, 5.74) is 4.40. The zero-order valence-corrected chi connectivity index (χ0v) is 14.7. The maximum atomic E-state index is 12.4. The van der Waals surface area contributed by atoms with Crippen LogP contribution >= 0.6 is 0 Å². The Hall–Kier alpha value is -3.21. The first-order chi connectivity index (χ1) is 12.9. The molecule has 0 radical (unpaired) electrons. The molecule has 0 amide bonds. The highest BCUT2D eigenvalue weighted by molar-refractivity contribution is 5.96. The van der Waals surface area contributed by atoms with Gasteiger partial charge >= 0.3 is 5.97 Å². The van der Waals surface area contributed by atoms with Crippen molar-refractivity contribution in [2.45, 2.75) is 13.3 Å². The minimum atomic E-state index is -2.60. The number of rotatable bonds is 6. The van der Waals surface area contributed by atoms with Crippen LogP contribution in [0.1, 0.15) is 15.9 Å². The SMILES string of the molecule is Cc1ccc(-c2ccc(-c3cc(OCC(F)F)ccc3C(=O)O)cc2)cc1. The van der Waals surface area contributed by atoms with Crippen LogP contribution in [0.5, 0.6) is 5.75 Å². The van der Waals surface area contributed by atoms with E-state index in [9.17, 15) is 18.7 Å². The van der Waals surface area contributed by atoms with Gasteiger partial charge in [-0.2, -0.15) is 0 Å². The number of halogens is 2. The topological polar surface area (TPSA) is 46.5 Å². The molecule has 0 atom stereocenters. The second kappa shape index (κ2) is 7.99. The highest BCUT2D eigenvalue weighted by atomic mass is 19.3. The van der Waals surface area contributed by atoms with E-state index in [0.717, 1.165) is 11.1 Å². The van der Waals surface area contributed by atoms with E-state index in [2.05, 4.69) is 0 Å². The highest BCUT2D eigenvalue weighted by Gasteiger charge is 2.14. The van der Waals surface area contributed by atoms with Gasteiger partial charge in [-0.15, -0.1) is 0 Å².